The number of hydrogen-bond acceptors (Lipinski definition) is 11. The molecule has 45 heavy (non-hydrogen) atoms. The lowest BCUT2D eigenvalue weighted by Gasteiger charge is -2.39. The van der Waals surface area contributed by atoms with E-state index in [0.29, 0.717) is 16.9 Å². The third kappa shape index (κ3) is 6.25. The number of aromatic hydroxyl groups is 4. The number of aliphatic hydroxyl groups excluding tert-OH is 4. The number of rotatable bonds is 7. The minimum atomic E-state index is -1.61. The molecule has 0 spiro atoms. The van der Waals surface area contributed by atoms with Crippen LogP contribution in [0, 0.1) is 0 Å². The van der Waals surface area contributed by atoms with E-state index in [-0.39, 0.29) is 28.7 Å². The summed E-state index contributed by atoms with van der Waals surface area (Å²) in [6.07, 6.45) is -4.27. The van der Waals surface area contributed by atoms with Gasteiger partial charge < -0.3 is 55.1 Å². The first kappa shape index (κ1) is 30.3. The number of ether oxygens (including phenoxy) is 3. The Morgan fingerprint density at radius 1 is 0.644 bits per heavy atom. The molecule has 2 heterocycles. The normalized spacial score (nSPS) is 26.0. The van der Waals surface area contributed by atoms with Crippen molar-refractivity contribution in [2.45, 2.75) is 42.7 Å². The fourth-order valence-electron chi connectivity index (χ4n) is 5.73. The van der Waals surface area contributed by atoms with Gasteiger partial charge in [0.15, 0.2) is 0 Å². The van der Waals surface area contributed by atoms with E-state index in [4.69, 9.17) is 14.2 Å². The van der Waals surface area contributed by atoms with Gasteiger partial charge in [-0.05, 0) is 70.8 Å². The van der Waals surface area contributed by atoms with Crippen LogP contribution in [0.2, 0.25) is 0 Å². The zero-order valence-electron chi connectivity index (χ0n) is 23.7. The minimum Gasteiger partial charge on any atom is -0.508 e. The molecule has 1 saturated heterocycles. The molecule has 234 valence electrons. The summed E-state index contributed by atoms with van der Waals surface area (Å²) >= 11 is 0. The van der Waals surface area contributed by atoms with E-state index in [1.165, 1.54) is 18.2 Å². The van der Waals surface area contributed by atoms with Crippen molar-refractivity contribution < 1.29 is 55.1 Å². The van der Waals surface area contributed by atoms with Crippen LogP contribution in [0.1, 0.15) is 39.8 Å². The van der Waals surface area contributed by atoms with Crippen LogP contribution in [0.15, 0.2) is 78.9 Å². The zero-order valence-corrected chi connectivity index (χ0v) is 23.7. The number of benzene rings is 4. The highest BCUT2D eigenvalue weighted by atomic mass is 16.7. The molecular weight excluding hydrogens is 584 g/mol. The van der Waals surface area contributed by atoms with Gasteiger partial charge in [-0.1, -0.05) is 30.4 Å². The summed E-state index contributed by atoms with van der Waals surface area (Å²) in [5, 5.41) is 80.5. The van der Waals surface area contributed by atoms with E-state index in [9.17, 15) is 40.9 Å². The van der Waals surface area contributed by atoms with Crippen LogP contribution in [0.3, 0.4) is 0 Å². The van der Waals surface area contributed by atoms with Gasteiger partial charge in [-0.25, -0.2) is 0 Å². The van der Waals surface area contributed by atoms with Gasteiger partial charge in [0.05, 0.1) is 12.5 Å². The van der Waals surface area contributed by atoms with Gasteiger partial charge in [0.1, 0.15) is 65.0 Å². The first-order chi connectivity index (χ1) is 21.6. The second-order valence-electron chi connectivity index (χ2n) is 11.1. The van der Waals surface area contributed by atoms with Crippen LogP contribution < -0.4 is 9.47 Å². The van der Waals surface area contributed by atoms with Gasteiger partial charge >= 0.3 is 0 Å². The molecule has 2 aliphatic heterocycles. The van der Waals surface area contributed by atoms with Gasteiger partial charge in [-0.15, -0.1) is 0 Å². The highest BCUT2D eigenvalue weighted by Gasteiger charge is 2.44. The summed E-state index contributed by atoms with van der Waals surface area (Å²) in [6, 6.07) is 21.0. The minimum absolute atomic E-state index is 0.0930. The zero-order chi connectivity index (χ0) is 31.8. The predicted octanol–water partition coefficient (Wildman–Crippen LogP) is 3.12. The molecule has 2 aliphatic rings. The Morgan fingerprint density at radius 3 is 2.04 bits per heavy atom. The molecule has 1 fully saturated rings. The first-order valence-electron chi connectivity index (χ1n) is 14.2. The van der Waals surface area contributed by atoms with Crippen LogP contribution in [-0.2, 0) is 4.74 Å². The molecule has 0 radical (unpaired) electrons. The topological polar surface area (TPSA) is 190 Å². The van der Waals surface area contributed by atoms with Gasteiger partial charge in [0.25, 0.3) is 0 Å². The van der Waals surface area contributed by atoms with Crippen LogP contribution in [-0.4, -0.2) is 78.2 Å². The molecule has 4 aromatic carbocycles. The van der Waals surface area contributed by atoms with Crippen LogP contribution >= 0.6 is 0 Å². The van der Waals surface area contributed by atoms with E-state index in [2.05, 4.69) is 0 Å². The fraction of sp³-hybridized carbons (Fsp3) is 0.235. The Hall–Kier alpha value is -4.78. The van der Waals surface area contributed by atoms with Crippen molar-refractivity contribution in [3.05, 3.63) is 107 Å². The maximum atomic E-state index is 10.3. The average Bonchev–Trinajstić information content (AvgIpc) is 3.39. The highest BCUT2D eigenvalue weighted by Crippen LogP contribution is 2.51. The molecule has 0 saturated carbocycles. The molecule has 0 amide bonds. The van der Waals surface area contributed by atoms with Gasteiger partial charge in [0, 0.05) is 17.7 Å². The first-order valence-corrected chi connectivity index (χ1v) is 14.2. The van der Waals surface area contributed by atoms with Crippen LogP contribution in [0.4, 0.5) is 0 Å². The molecule has 0 bridgehead atoms. The van der Waals surface area contributed by atoms with Crippen molar-refractivity contribution >= 4 is 12.2 Å². The summed E-state index contributed by atoms with van der Waals surface area (Å²) in [7, 11) is 0. The largest absolute Gasteiger partial charge is 0.508 e. The number of phenolic OH excluding ortho intramolecular Hbond substituents is 4. The molecule has 11 nitrogen and oxygen atoms in total. The van der Waals surface area contributed by atoms with Crippen molar-refractivity contribution in [2.24, 2.45) is 0 Å². The van der Waals surface area contributed by atoms with Crippen LogP contribution in [0.5, 0.6) is 34.5 Å². The fourth-order valence-corrected chi connectivity index (χ4v) is 5.73. The third-order valence-electron chi connectivity index (χ3n) is 7.91. The maximum absolute atomic E-state index is 10.3. The lowest BCUT2D eigenvalue weighted by atomic mass is 9.84. The number of hydrogen-bond donors (Lipinski definition) is 8. The van der Waals surface area contributed by atoms with E-state index in [0.717, 1.165) is 16.7 Å². The van der Waals surface area contributed by atoms with E-state index in [1.54, 1.807) is 54.6 Å². The summed E-state index contributed by atoms with van der Waals surface area (Å²) in [6.45, 7) is -0.603. The molecule has 6 rings (SSSR count). The maximum Gasteiger partial charge on any atom is 0.229 e. The molecule has 0 aromatic heterocycles. The Kier molecular flexibility index (Phi) is 8.28. The van der Waals surface area contributed by atoms with Crippen molar-refractivity contribution in [1.29, 1.82) is 0 Å². The number of phenols is 4. The lowest BCUT2D eigenvalue weighted by Crippen LogP contribution is -2.60. The molecule has 0 aliphatic carbocycles. The van der Waals surface area contributed by atoms with Gasteiger partial charge in [-0.3, -0.25) is 0 Å². The van der Waals surface area contributed by atoms with Crippen molar-refractivity contribution in [1.82, 2.24) is 0 Å². The smallest absolute Gasteiger partial charge is 0.229 e. The summed E-state index contributed by atoms with van der Waals surface area (Å²) in [5.74, 6) is 0.110. The van der Waals surface area contributed by atoms with Gasteiger partial charge in [-0.2, -0.15) is 0 Å². The SMILES string of the molecule is OCC1OC(Oc2cc(O)cc(C=Cc3ccc4c(c3)[C@H](c3cc(O)cc(O)c3)[C@@H](c3ccc(O)cc3)O4)c2)C(O)C(O)C1O. The molecule has 7 atom stereocenters. The quantitative estimate of drug-likeness (QED) is 0.142. The standard InChI is InChI=1S/C34H32O11/c35-16-28-30(40)31(41)32(42)34(45-28)43-25-10-18(9-22(37)15-25)2-1-17-3-8-27-26(11-17)29(20-12-23(38)14-24(39)13-20)33(44-27)19-4-6-21(36)7-5-19/h1-15,28-42H,16H2/t28?,29-,30?,31?,32?,33+,34?/m0/s1. The Labute approximate surface area is 257 Å². The molecule has 8 N–H and O–H groups in total. The molecular formula is C34H32O11. The van der Waals surface area contributed by atoms with Gasteiger partial charge in [0.2, 0.25) is 6.29 Å². The second kappa shape index (κ2) is 12.3. The predicted molar refractivity (Wildman–Crippen MR) is 161 cm³/mol. The molecule has 11 heteroatoms. The number of fused-ring (bicyclic) bond motifs is 1. The summed E-state index contributed by atoms with van der Waals surface area (Å²) in [4.78, 5) is 0. The Morgan fingerprint density at radius 2 is 1.33 bits per heavy atom. The third-order valence-corrected chi connectivity index (χ3v) is 7.91. The Bertz CT molecular complexity index is 1680. The van der Waals surface area contributed by atoms with Crippen molar-refractivity contribution in [3.63, 3.8) is 0 Å². The second-order valence-corrected chi connectivity index (χ2v) is 11.1. The summed E-state index contributed by atoms with van der Waals surface area (Å²) in [5.41, 5.74) is 3.54. The van der Waals surface area contributed by atoms with Crippen LogP contribution in [0.25, 0.3) is 12.2 Å². The Balaban J connectivity index is 1.28. The monoisotopic (exact) mass is 616 g/mol. The number of aliphatic hydroxyl groups is 4. The average molecular weight is 617 g/mol. The molecule has 5 unspecified atom stereocenters. The highest BCUT2D eigenvalue weighted by molar-refractivity contribution is 5.72. The van der Waals surface area contributed by atoms with E-state index >= 15 is 0 Å². The molecule has 4 aromatic rings. The summed E-state index contributed by atoms with van der Waals surface area (Å²) < 4.78 is 17.4. The van der Waals surface area contributed by atoms with Crippen molar-refractivity contribution in [3.8, 4) is 34.5 Å². The lowest BCUT2D eigenvalue weighted by molar-refractivity contribution is -0.277. The van der Waals surface area contributed by atoms with E-state index < -0.39 is 49.3 Å². The van der Waals surface area contributed by atoms with Crippen molar-refractivity contribution in [2.75, 3.05) is 6.61 Å². The van der Waals surface area contributed by atoms with E-state index in [1.807, 2.05) is 18.2 Å².